The van der Waals surface area contributed by atoms with Crippen LogP contribution in [0.5, 0.6) is 0 Å². The Labute approximate surface area is 94.1 Å². The fourth-order valence-electron chi connectivity index (χ4n) is 0.623. The predicted molar refractivity (Wildman–Crippen MR) is 59.3 cm³/mol. The molecule has 1 N–H and O–H groups in total. The van der Waals surface area contributed by atoms with Crippen molar-refractivity contribution in [2.75, 3.05) is 12.4 Å². The molecule has 94 valence electrons. The summed E-state index contributed by atoms with van der Waals surface area (Å²) in [7, 11) is 1.48. The quantitative estimate of drug-likeness (QED) is 0.811. The molecule has 1 aromatic rings. The molecule has 0 aliphatic heterocycles. The van der Waals surface area contributed by atoms with E-state index in [0.29, 0.717) is 6.20 Å². The maximum absolute atomic E-state index is 12.0. The molecule has 1 aromatic heterocycles. The largest absolute Gasteiger partial charge is 0.434 e. The van der Waals surface area contributed by atoms with E-state index in [1.165, 1.54) is 13.2 Å². The van der Waals surface area contributed by atoms with Crippen molar-refractivity contribution in [3.05, 3.63) is 18.1 Å². The van der Waals surface area contributed by atoms with Gasteiger partial charge in [-0.2, -0.15) is 13.2 Å². The molecule has 0 aliphatic carbocycles. The van der Waals surface area contributed by atoms with Crippen molar-refractivity contribution in [1.29, 1.82) is 0 Å². The maximum Gasteiger partial charge on any atom is 0.434 e. The van der Waals surface area contributed by atoms with Crippen molar-refractivity contribution in [3.8, 4) is 0 Å². The molecule has 1 rings (SSSR count). The summed E-state index contributed by atoms with van der Waals surface area (Å²) in [4.78, 5) is 6.64. The van der Waals surface area contributed by atoms with Crippen LogP contribution in [0, 0.1) is 0 Å². The second-order valence-corrected chi connectivity index (χ2v) is 2.04. The van der Waals surface area contributed by atoms with Crippen LogP contribution in [-0.4, -0.2) is 17.0 Å². The zero-order chi connectivity index (χ0) is 13.2. The zero-order valence-corrected chi connectivity index (χ0v) is 10.2. The molecule has 0 amide bonds. The van der Waals surface area contributed by atoms with Gasteiger partial charge in [-0.05, 0) is 0 Å². The Hall–Kier alpha value is -1.33. The van der Waals surface area contributed by atoms with Crippen LogP contribution in [0.4, 0.5) is 19.0 Å². The van der Waals surface area contributed by atoms with Crippen LogP contribution in [0.1, 0.15) is 33.4 Å². The highest BCUT2D eigenvalue weighted by Crippen LogP contribution is 2.27. The van der Waals surface area contributed by atoms with Gasteiger partial charge in [-0.3, -0.25) is 4.98 Å². The number of aromatic nitrogens is 2. The van der Waals surface area contributed by atoms with E-state index in [-0.39, 0.29) is 5.82 Å². The van der Waals surface area contributed by atoms with Gasteiger partial charge < -0.3 is 5.32 Å². The second-order valence-electron chi connectivity index (χ2n) is 2.04. The molecule has 0 saturated heterocycles. The van der Waals surface area contributed by atoms with E-state index in [4.69, 9.17) is 0 Å². The van der Waals surface area contributed by atoms with Crippen LogP contribution in [0.15, 0.2) is 12.4 Å². The van der Waals surface area contributed by atoms with Crippen molar-refractivity contribution < 1.29 is 13.2 Å². The van der Waals surface area contributed by atoms with Gasteiger partial charge in [-0.15, -0.1) is 0 Å². The first-order valence-electron chi connectivity index (χ1n) is 5.11. The molecule has 0 unspecified atom stereocenters. The highest BCUT2D eigenvalue weighted by atomic mass is 19.4. The molecule has 0 aromatic carbocycles. The normalized spacial score (nSPS) is 9.25. The molecule has 0 bridgehead atoms. The second kappa shape index (κ2) is 8.94. The summed E-state index contributed by atoms with van der Waals surface area (Å²) < 4.78 is 35.9. The summed E-state index contributed by atoms with van der Waals surface area (Å²) >= 11 is 0. The van der Waals surface area contributed by atoms with Gasteiger partial charge in [-0.25, -0.2) is 4.98 Å². The minimum atomic E-state index is -4.43. The Bertz CT molecular complexity index is 274. The number of hydrogen-bond donors (Lipinski definition) is 1. The molecule has 0 aliphatic rings. The molecule has 0 atom stereocenters. The minimum absolute atomic E-state index is 0.102. The number of hydrogen-bond acceptors (Lipinski definition) is 3. The lowest BCUT2D eigenvalue weighted by Gasteiger charge is -2.05. The van der Waals surface area contributed by atoms with E-state index >= 15 is 0 Å². The summed E-state index contributed by atoms with van der Waals surface area (Å²) in [6.07, 6.45) is -2.53. The first-order chi connectivity index (χ1) is 7.54. The smallest absolute Gasteiger partial charge is 0.372 e. The number of alkyl halides is 3. The fraction of sp³-hybridized carbons (Fsp3) is 0.600. The highest BCUT2D eigenvalue weighted by Gasteiger charge is 2.32. The predicted octanol–water partition coefficient (Wildman–Crippen LogP) is 3.59. The van der Waals surface area contributed by atoms with E-state index in [1.54, 1.807) is 0 Å². The first-order valence-corrected chi connectivity index (χ1v) is 5.11. The fourth-order valence-corrected chi connectivity index (χ4v) is 0.623. The molecule has 0 fully saturated rings. The average Bonchev–Trinajstić information content (AvgIpc) is 2.33. The van der Waals surface area contributed by atoms with Crippen LogP contribution in [-0.2, 0) is 6.18 Å². The standard InChI is InChI=1S/C6H6F3N3.2C2H6/c1-10-5-3-11-2-4(12-5)6(7,8)9;2*1-2/h2-3H,1H3,(H,10,12);2*1-2H3. The number of nitrogens with zero attached hydrogens (tertiary/aromatic N) is 2. The Morgan fingerprint density at radius 1 is 1.06 bits per heavy atom. The third-order valence-electron chi connectivity index (χ3n) is 1.18. The van der Waals surface area contributed by atoms with E-state index in [9.17, 15) is 13.2 Å². The molecule has 0 saturated carbocycles. The van der Waals surface area contributed by atoms with E-state index < -0.39 is 11.9 Å². The number of rotatable bonds is 1. The lowest BCUT2D eigenvalue weighted by molar-refractivity contribution is -0.141. The molecule has 3 nitrogen and oxygen atoms in total. The van der Waals surface area contributed by atoms with Crippen molar-refractivity contribution in [2.45, 2.75) is 33.9 Å². The van der Waals surface area contributed by atoms with Gasteiger partial charge in [0.15, 0.2) is 5.69 Å². The van der Waals surface area contributed by atoms with Crippen molar-refractivity contribution in [2.24, 2.45) is 0 Å². The van der Waals surface area contributed by atoms with Crippen LogP contribution < -0.4 is 5.32 Å². The zero-order valence-electron chi connectivity index (χ0n) is 10.2. The van der Waals surface area contributed by atoms with E-state index in [1.807, 2.05) is 27.7 Å². The first kappa shape index (κ1) is 17.1. The summed E-state index contributed by atoms with van der Waals surface area (Å²) in [5.41, 5.74) is -0.991. The lowest BCUT2D eigenvalue weighted by atomic mass is 10.4. The van der Waals surface area contributed by atoms with Crippen molar-refractivity contribution in [1.82, 2.24) is 9.97 Å². The van der Waals surface area contributed by atoms with Gasteiger partial charge in [0.1, 0.15) is 5.82 Å². The van der Waals surface area contributed by atoms with Gasteiger partial charge in [-0.1, -0.05) is 27.7 Å². The van der Waals surface area contributed by atoms with Crippen LogP contribution in [0.2, 0.25) is 0 Å². The minimum Gasteiger partial charge on any atom is -0.372 e. The van der Waals surface area contributed by atoms with Crippen LogP contribution in [0.25, 0.3) is 0 Å². The summed E-state index contributed by atoms with van der Waals surface area (Å²) in [5, 5.41) is 2.47. The van der Waals surface area contributed by atoms with Crippen LogP contribution in [0.3, 0.4) is 0 Å². The molecule has 16 heavy (non-hydrogen) atoms. The Morgan fingerprint density at radius 2 is 1.56 bits per heavy atom. The Morgan fingerprint density at radius 3 is 1.94 bits per heavy atom. The lowest BCUT2D eigenvalue weighted by Crippen LogP contribution is -2.09. The van der Waals surface area contributed by atoms with Gasteiger partial charge in [0.05, 0.1) is 12.4 Å². The topological polar surface area (TPSA) is 37.8 Å². The SMILES string of the molecule is CC.CC.CNc1cncc(C(F)(F)F)n1. The molecular weight excluding hydrogens is 219 g/mol. The third-order valence-corrected chi connectivity index (χ3v) is 1.18. The number of nitrogens with one attached hydrogen (secondary N) is 1. The Kier molecular flexibility index (Phi) is 9.54. The Balaban J connectivity index is 0. The van der Waals surface area contributed by atoms with Crippen LogP contribution >= 0.6 is 0 Å². The van der Waals surface area contributed by atoms with Crippen molar-refractivity contribution in [3.63, 3.8) is 0 Å². The monoisotopic (exact) mass is 237 g/mol. The molecular formula is C10H18F3N3. The highest BCUT2D eigenvalue weighted by molar-refractivity contribution is 5.30. The summed E-state index contributed by atoms with van der Waals surface area (Å²) in [6, 6.07) is 0. The maximum atomic E-state index is 12.0. The van der Waals surface area contributed by atoms with Gasteiger partial charge in [0, 0.05) is 7.05 Å². The van der Waals surface area contributed by atoms with Gasteiger partial charge >= 0.3 is 6.18 Å². The number of halogens is 3. The third kappa shape index (κ3) is 6.21. The van der Waals surface area contributed by atoms with E-state index in [0.717, 1.165) is 0 Å². The van der Waals surface area contributed by atoms with Gasteiger partial charge in [0.2, 0.25) is 0 Å². The average molecular weight is 237 g/mol. The summed E-state index contributed by atoms with van der Waals surface area (Å²) in [5.74, 6) is 0.102. The molecule has 1 heterocycles. The summed E-state index contributed by atoms with van der Waals surface area (Å²) in [6.45, 7) is 8.00. The van der Waals surface area contributed by atoms with E-state index in [2.05, 4.69) is 15.3 Å². The molecule has 6 heteroatoms. The van der Waals surface area contributed by atoms with Crippen molar-refractivity contribution >= 4 is 5.82 Å². The molecule has 0 radical (unpaired) electrons. The van der Waals surface area contributed by atoms with Gasteiger partial charge in [0.25, 0.3) is 0 Å². The number of anilines is 1. The molecule has 0 spiro atoms.